The van der Waals surface area contributed by atoms with E-state index in [9.17, 15) is 0 Å². The molecule has 0 saturated heterocycles. The van der Waals surface area contributed by atoms with Crippen LogP contribution in [-0.4, -0.2) is 21.6 Å². The number of hydrogen-bond acceptors (Lipinski definition) is 5. The Morgan fingerprint density at radius 1 is 0.710 bits per heavy atom. The number of nitrogens with zero attached hydrogens (tertiary/aromatic N) is 3. The van der Waals surface area contributed by atoms with Gasteiger partial charge in [0.15, 0.2) is 0 Å². The Kier molecular flexibility index (Phi) is 9.42. The van der Waals surface area contributed by atoms with E-state index < -0.39 is 0 Å². The van der Waals surface area contributed by atoms with Gasteiger partial charge in [0.05, 0.1) is 11.7 Å². The molecule has 12 rings (SSSR count). The number of aryl methyl sites for hydroxylation is 1. The second-order valence-electron chi connectivity index (χ2n) is 17.0. The molecule has 3 atom stereocenters. The Morgan fingerprint density at radius 2 is 1.61 bits per heavy atom. The second-order valence-corrected chi connectivity index (χ2v) is 18.1. The first-order valence-electron chi connectivity index (χ1n) is 22.2. The number of thiophene rings is 1. The fourth-order valence-electron chi connectivity index (χ4n) is 10.3. The number of aromatic nitrogens is 2. The van der Waals surface area contributed by atoms with E-state index in [0.717, 1.165) is 78.7 Å². The van der Waals surface area contributed by atoms with Crippen LogP contribution in [0.25, 0.3) is 60.1 Å². The Labute approximate surface area is 367 Å². The molecular weight excluding hydrogens is 775 g/mol. The summed E-state index contributed by atoms with van der Waals surface area (Å²) in [5, 5.41) is 10.4. The van der Waals surface area contributed by atoms with Crippen LogP contribution in [0, 0.1) is 0 Å². The highest BCUT2D eigenvalue weighted by molar-refractivity contribution is 7.19. The number of rotatable bonds is 7. The minimum absolute atomic E-state index is 0.155. The molecule has 62 heavy (non-hydrogen) atoms. The molecule has 0 bridgehead atoms. The molecule has 1 aliphatic heterocycles. The summed E-state index contributed by atoms with van der Waals surface area (Å²) in [7, 11) is 0. The zero-order chi connectivity index (χ0) is 41.0. The van der Waals surface area contributed by atoms with E-state index in [4.69, 9.17) is 9.98 Å². The van der Waals surface area contributed by atoms with Gasteiger partial charge in [-0.25, -0.2) is 4.99 Å². The number of nitrogens with one attached hydrogen (secondary N) is 2. The van der Waals surface area contributed by atoms with Crippen LogP contribution in [0.2, 0.25) is 0 Å². The smallest absolute Gasteiger partial charge is 0.134 e. The minimum Gasteiger partial charge on any atom is -0.350 e. The Bertz CT molecular complexity index is 3130. The highest BCUT2D eigenvalue weighted by Crippen LogP contribution is 2.52. The van der Waals surface area contributed by atoms with E-state index in [1.165, 1.54) is 65.0 Å². The average molecular weight is 822 g/mol. The fraction of sp³-hybridized carbons (Fsp3) is 0.179. The molecular formula is C56H47N5S. The van der Waals surface area contributed by atoms with Gasteiger partial charge in [0.1, 0.15) is 18.2 Å². The maximum Gasteiger partial charge on any atom is 0.134 e. The molecule has 302 valence electrons. The maximum atomic E-state index is 5.56. The largest absolute Gasteiger partial charge is 0.350 e. The minimum atomic E-state index is -0.221. The number of para-hydroxylation sites is 1. The lowest BCUT2D eigenvalue weighted by Crippen LogP contribution is -2.49. The quantitative estimate of drug-likeness (QED) is 0.168. The molecule has 0 spiro atoms. The fourth-order valence-corrected chi connectivity index (χ4v) is 11.6. The molecule has 3 unspecified atom stereocenters. The van der Waals surface area contributed by atoms with Gasteiger partial charge in [0.25, 0.3) is 0 Å². The molecule has 5 aliphatic rings. The zero-order valence-corrected chi connectivity index (χ0v) is 35.4. The highest BCUT2D eigenvalue weighted by atomic mass is 32.1. The first-order chi connectivity index (χ1) is 30.7. The first kappa shape index (κ1) is 37.2. The van der Waals surface area contributed by atoms with Crippen LogP contribution >= 0.6 is 11.3 Å². The van der Waals surface area contributed by atoms with Crippen LogP contribution in [-0.2, 0) is 12.8 Å². The third-order valence-electron chi connectivity index (χ3n) is 13.2. The van der Waals surface area contributed by atoms with Gasteiger partial charge in [-0.3, -0.25) is 10.3 Å². The van der Waals surface area contributed by atoms with Crippen LogP contribution < -0.4 is 10.6 Å². The van der Waals surface area contributed by atoms with Gasteiger partial charge in [0.2, 0.25) is 0 Å². The van der Waals surface area contributed by atoms with Gasteiger partial charge >= 0.3 is 0 Å². The average Bonchev–Trinajstić information content (AvgIpc) is 3.91. The van der Waals surface area contributed by atoms with E-state index in [0.29, 0.717) is 6.04 Å². The maximum absolute atomic E-state index is 5.56. The third-order valence-corrected chi connectivity index (χ3v) is 14.5. The predicted molar refractivity (Wildman–Crippen MR) is 259 cm³/mol. The molecule has 0 saturated carbocycles. The molecule has 5 nitrogen and oxygen atoms in total. The summed E-state index contributed by atoms with van der Waals surface area (Å²) in [5.74, 6) is 0.846. The van der Waals surface area contributed by atoms with E-state index in [1.54, 1.807) is 0 Å². The van der Waals surface area contributed by atoms with Gasteiger partial charge in [-0.15, -0.1) is 11.3 Å². The molecule has 4 heterocycles. The van der Waals surface area contributed by atoms with Crippen molar-refractivity contribution < 1.29 is 0 Å². The van der Waals surface area contributed by atoms with Crippen LogP contribution in [0.1, 0.15) is 71.6 Å². The number of aliphatic imine (C=N–C) groups is 1. The summed E-state index contributed by atoms with van der Waals surface area (Å²) in [6.45, 7) is 0. The first-order valence-corrected chi connectivity index (χ1v) is 23.1. The van der Waals surface area contributed by atoms with Crippen molar-refractivity contribution in [3.63, 3.8) is 0 Å². The normalized spacial score (nSPS) is 20.4. The van der Waals surface area contributed by atoms with Gasteiger partial charge in [-0.1, -0.05) is 140 Å². The summed E-state index contributed by atoms with van der Waals surface area (Å²) in [6, 6.07) is 38.2. The highest BCUT2D eigenvalue weighted by Gasteiger charge is 2.33. The lowest BCUT2D eigenvalue weighted by atomic mass is 9.88. The molecule has 3 aromatic heterocycles. The number of amidine groups is 1. The number of fused-ring (bicyclic) bond motifs is 7. The van der Waals surface area contributed by atoms with Crippen molar-refractivity contribution in [2.45, 2.75) is 63.3 Å². The van der Waals surface area contributed by atoms with Crippen LogP contribution in [0.15, 0.2) is 181 Å². The van der Waals surface area contributed by atoms with Crippen molar-refractivity contribution in [2.75, 3.05) is 0 Å². The summed E-state index contributed by atoms with van der Waals surface area (Å²) >= 11 is 1.96. The van der Waals surface area contributed by atoms with Gasteiger partial charge in [0, 0.05) is 65.6 Å². The molecule has 2 N–H and O–H groups in total. The molecule has 0 fully saturated rings. The Hall–Kier alpha value is -6.60. The van der Waals surface area contributed by atoms with Crippen molar-refractivity contribution in [2.24, 2.45) is 4.99 Å². The Morgan fingerprint density at radius 3 is 2.48 bits per heavy atom. The predicted octanol–water partition coefficient (Wildman–Crippen LogP) is 13.4. The van der Waals surface area contributed by atoms with Crippen LogP contribution in [0.3, 0.4) is 0 Å². The van der Waals surface area contributed by atoms with E-state index in [-0.39, 0.29) is 12.3 Å². The summed E-state index contributed by atoms with van der Waals surface area (Å²) < 4.78 is 3.94. The van der Waals surface area contributed by atoms with Crippen molar-refractivity contribution in [3.8, 4) is 33.5 Å². The topological polar surface area (TPSA) is 54.2 Å². The van der Waals surface area contributed by atoms with E-state index >= 15 is 0 Å². The van der Waals surface area contributed by atoms with Crippen molar-refractivity contribution in [1.82, 2.24) is 20.2 Å². The van der Waals surface area contributed by atoms with E-state index in [2.05, 4.69) is 185 Å². The van der Waals surface area contributed by atoms with Crippen LogP contribution in [0.5, 0.6) is 0 Å². The van der Waals surface area contributed by atoms with Gasteiger partial charge in [-0.05, 0) is 97.0 Å². The zero-order valence-electron chi connectivity index (χ0n) is 34.6. The standard InChI is InChI=1S/C56H47N5S/c1-5-17-36(18-6-1)39-23-15-24-40(33-39)41-34-45(56-59-54(37-19-7-2-8-20-37)58-55(60-56)38-21-9-3-10-22-38)53(57-35-41)44-28-16-30-48-51(44)52-49(62-48)32-31-47-50(52)43-27-13-14-29-46(43)61(47)42-25-11-4-12-26-42/h1-2,4-5,7-9,11-17,19-25,27-30,33-35,42,54-55,58H,3,6,10,18,26,31-32H2,(H,59,60). The third kappa shape index (κ3) is 6.48. The van der Waals surface area contributed by atoms with Crippen molar-refractivity contribution in [3.05, 3.63) is 203 Å². The SMILES string of the molecule is C1=CCCC(c2cccc(-c3cnc(-c4cccc5sc6c(c45)-c4c(n(C5C=CC=CC5)c5ccccc45)CC6)c(C4=NC(C5=CCCC=C5)NC(c5ccccc5)N4)c3)c2)=C1. The van der Waals surface area contributed by atoms with Crippen molar-refractivity contribution >= 4 is 43.7 Å². The Balaban J connectivity index is 1.08. The molecule has 4 aromatic carbocycles. The summed E-state index contributed by atoms with van der Waals surface area (Å²) in [6.07, 6.45) is 31.6. The number of hydrogen-bond donors (Lipinski definition) is 2. The van der Waals surface area contributed by atoms with Gasteiger partial charge in [-0.2, -0.15) is 0 Å². The van der Waals surface area contributed by atoms with Crippen molar-refractivity contribution in [1.29, 1.82) is 0 Å². The van der Waals surface area contributed by atoms with Gasteiger partial charge < -0.3 is 9.88 Å². The number of pyridine rings is 1. The molecule has 0 amide bonds. The lowest BCUT2D eigenvalue weighted by molar-refractivity contribution is 0.434. The number of benzene rings is 4. The second kappa shape index (κ2) is 15.7. The number of allylic oxidation sites excluding steroid dienone is 10. The molecule has 7 aromatic rings. The summed E-state index contributed by atoms with van der Waals surface area (Å²) in [4.78, 5) is 12.6. The molecule has 6 heteroatoms. The lowest BCUT2D eigenvalue weighted by Gasteiger charge is -2.33. The molecule has 4 aliphatic carbocycles. The van der Waals surface area contributed by atoms with Crippen LogP contribution in [0.4, 0.5) is 0 Å². The molecule has 0 radical (unpaired) electrons. The monoisotopic (exact) mass is 821 g/mol. The summed E-state index contributed by atoms with van der Waals surface area (Å²) in [5.41, 5.74) is 15.8. The van der Waals surface area contributed by atoms with E-state index in [1.807, 2.05) is 11.3 Å².